The van der Waals surface area contributed by atoms with Gasteiger partial charge in [-0.3, -0.25) is 14.5 Å². The summed E-state index contributed by atoms with van der Waals surface area (Å²) in [5.74, 6) is 0.122. The molecular formula is C16H19ClN4O. The summed E-state index contributed by atoms with van der Waals surface area (Å²) in [4.78, 5) is 18.5. The van der Waals surface area contributed by atoms with Gasteiger partial charge in [0.25, 0.3) is 0 Å². The molecule has 0 aliphatic carbocycles. The number of carbonyl (C=O) groups is 1. The lowest BCUT2D eigenvalue weighted by Crippen LogP contribution is -2.38. The van der Waals surface area contributed by atoms with Crippen LogP contribution >= 0.6 is 11.6 Å². The molecule has 1 atom stereocenters. The van der Waals surface area contributed by atoms with E-state index >= 15 is 0 Å². The molecule has 1 aliphatic rings. The Morgan fingerprint density at radius 3 is 2.91 bits per heavy atom. The van der Waals surface area contributed by atoms with Crippen LogP contribution in [0.5, 0.6) is 0 Å². The Morgan fingerprint density at radius 1 is 1.36 bits per heavy atom. The summed E-state index contributed by atoms with van der Waals surface area (Å²) in [6.45, 7) is 1.10. The minimum Gasteiger partial charge on any atom is -0.338 e. The van der Waals surface area contributed by atoms with Crippen LogP contribution in [0, 0.1) is 0 Å². The highest BCUT2D eigenvalue weighted by Gasteiger charge is 2.28. The second-order valence-corrected chi connectivity index (χ2v) is 6.07. The van der Waals surface area contributed by atoms with E-state index in [4.69, 9.17) is 11.6 Å². The van der Waals surface area contributed by atoms with E-state index in [2.05, 4.69) is 10.1 Å². The maximum atomic E-state index is 12.5. The van der Waals surface area contributed by atoms with Crippen LogP contribution in [0.1, 0.15) is 24.8 Å². The molecule has 3 heterocycles. The number of carbonyl (C=O) groups excluding carboxylic acids is 1. The van der Waals surface area contributed by atoms with E-state index in [0.29, 0.717) is 11.1 Å². The van der Waals surface area contributed by atoms with E-state index < -0.39 is 0 Å². The summed E-state index contributed by atoms with van der Waals surface area (Å²) in [7, 11) is 0. The van der Waals surface area contributed by atoms with E-state index in [1.807, 2.05) is 29.4 Å². The Bertz CT molecular complexity index is 628. The van der Waals surface area contributed by atoms with Crippen LogP contribution < -0.4 is 0 Å². The molecule has 1 aliphatic heterocycles. The fourth-order valence-electron chi connectivity index (χ4n) is 3.00. The van der Waals surface area contributed by atoms with Crippen LogP contribution in [-0.4, -0.2) is 38.2 Å². The molecule has 5 nitrogen and oxygen atoms in total. The van der Waals surface area contributed by atoms with Gasteiger partial charge in [-0.05, 0) is 43.4 Å². The lowest BCUT2D eigenvalue weighted by molar-refractivity contribution is -0.132. The Hall–Kier alpha value is -1.88. The fourth-order valence-corrected chi connectivity index (χ4v) is 3.16. The van der Waals surface area contributed by atoms with Gasteiger partial charge in [0.15, 0.2) is 0 Å². The number of aryl methyl sites for hydroxylation is 1. The van der Waals surface area contributed by atoms with Crippen LogP contribution in [0.3, 0.4) is 0 Å². The highest BCUT2D eigenvalue weighted by atomic mass is 35.5. The van der Waals surface area contributed by atoms with Crippen molar-refractivity contribution in [1.29, 1.82) is 0 Å². The predicted molar refractivity (Wildman–Crippen MR) is 84.5 cm³/mol. The van der Waals surface area contributed by atoms with Gasteiger partial charge in [0, 0.05) is 31.2 Å². The molecule has 2 aromatic heterocycles. The van der Waals surface area contributed by atoms with Crippen molar-refractivity contribution >= 4 is 17.5 Å². The maximum absolute atomic E-state index is 12.5. The van der Waals surface area contributed by atoms with Gasteiger partial charge in [-0.1, -0.05) is 11.6 Å². The third kappa shape index (κ3) is 3.65. The number of hydrogen-bond acceptors (Lipinski definition) is 3. The van der Waals surface area contributed by atoms with E-state index in [1.54, 1.807) is 17.1 Å². The zero-order valence-electron chi connectivity index (χ0n) is 12.4. The van der Waals surface area contributed by atoms with Gasteiger partial charge in [0.1, 0.15) is 6.54 Å². The standard InChI is InChI=1S/C16H19ClN4O/c17-14-10-19-20(11-14)12-16(22)21-9-1-2-15(21)4-3-13-5-7-18-8-6-13/h5-8,10-11,15H,1-4,9,12H2. The van der Waals surface area contributed by atoms with Crippen LogP contribution in [0.2, 0.25) is 5.02 Å². The molecular weight excluding hydrogens is 300 g/mol. The zero-order chi connectivity index (χ0) is 15.4. The van der Waals surface area contributed by atoms with Crippen LogP contribution in [0.25, 0.3) is 0 Å². The van der Waals surface area contributed by atoms with Gasteiger partial charge < -0.3 is 4.90 Å². The molecule has 0 saturated carbocycles. The summed E-state index contributed by atoms with van der Waals surface area (Å²) in [6.07, 6.45) is 11.0. The smallest absolute Gasteiger partial charge is 0.244 e. The second kappa shape index (κ2) is 6.92. The molecule has 116 valence electrons. The maximum Gasteiger partial charge on any atom is 0.244 e. The van der Waals surface area contributed by atoms with Gasteiger partial charge in [-0.15, -0.1) is 0 Å². The zero-order valence-corrected chi connectivity index (χ0v) is 13.1. The molecule has 1 amide bonds. The van der Waals surface area contributed by atoms with Crippen LogP contribution in [0.4, 0.5) is 0 Å². The van der Waals surface area contributed by atoms with Crippen molar-refractivity contribution in [3.05, 3.63) is 47.5 Å². The molecule has 2 aromatic rings. The predicted octanol–water partition coefficient (Wildman–Crippen LogP) is 2.56. The van der Waals surface area contributed by atoms with Crippen molar-refractivity contribution in [2.75, 3.05) is 6.54 Å². The Morgan fingerprint density at radius 2 is 2.18 bits per heavy atom. The van der Waals surface area contributed by atoms with E-state index in [0.717, 1.165) is 32.2 Å². The molecule has 1 saturated heterocycles. The number of rotatable bonds is 5. The van der Waals surface area contributed by atoms with Crippen LogP contribution in [-0.2, 0) is 17.8 Å². The fraction of sp³-hybridized carbons (Fsp3) is 0.438. The Labute approximate surface area is 134 Å². The first-order valence-corrected chi connectivity index (χ1v) is 7.96. The summed E-state index contributed by atoms with van der Waals surface area (Å²) >= 11 is 5.84. The first-order chi connectivity index (χ1) is 10.7. The normalized spacial score (nSPS) is 17.9. The van der Waals surface area contributed by atoms with E-state index in [1.165, 1.54) is 5.56 Å². The number of pyridine rings is 1. The molecule has 0 N–H and O–H groups in total. The van der Waals surface area contributed by atoms with Crippen molar-refractivity contribution in [1.82, 2.24) is 19.7 Å². The minimum atomic E-state index is 0.122. The third-order valence-electron chi connectivity index (χ3n) is 4.11. The quantitative estimate of drug-likeness (QED) is 0.851. The van der Waals surface area contributed by atoms with Gasteiger partial charge in [-0.25, -0.2) is 0 Å². The lowest BCUT2D eigenvalue weighted by atomic mass is 10.0. The number of likely N-dealkylation sites (tertiary alicyclic amines) is 1. The molecule has 0 radical (unpaired) electrons. The highest BCUT2D eigenvalue weighted by Crippen LogP contribution is 2.22. The molecule has 22 heavy (non-hydrogen) atoms. The molecule has 1 unspecified atom stereocenters. The van der Waals surface area contributed by atoms with Crippen molar-refractivity contribution in [2.24, 2.45) is 0 Å². The monoisotopic (exact) mass is 318 g/mol. The highest BCUT2D eigenvalue weighted by molar-refractivity contribution is 6.30. The second-order valence-electron chi connectivity index (χ2n) is 5.63. The van der Waals surface area contributed by atoms with Crippen molar-refractivity contribution in [2.45, 2.75) is 38.3 Å². The first kappa shape index (κ1) is 15.0. The SMILES string of the molecule is O=C(Cn1cc(Cl)cn1)N1CCCC1CCc1ccncc1. The molecule has 3 rings (SSSR count). The number of amides is 1. The molecule has 6 heteroatoms. The average molecular weight is 319 g/mol. The minimum absolute atomic E-state index is 0.122. The lowest BCUT2D eigenvalue weighted by Gasteiger charge is -2.24. The number of nitrogens with zero attached hydrogens (tertiary/aromatic N) is 4. The summed E-state index contributed by atoms with van der Waals surface area (Å²) < 4.78 is 1.60. The number of halogens is 1. The third-order valence-corrected chi connectivity index (χ3v) is 4.31. The van der Waals surface area contributed by atoms with E-state index in [9.17, 15) is 4.79 Å². The summed E-state index contributed by atoms with van der Waals surface area (Å²) in [5.41, 5.74) is 1.27. The summed E-state index contributed by atoms with van der Waals surface area (Å²) in [5, 5.41) is 4.63. The van der Waals surface area contributed by atoms with Gasteiger partial charge >= 0.3 is 0 Å². The number of hydrogen-bond donors (Lipinski definition) is 0. The Kier molecular flexibility index (Phi) is 4.73. The number of aromatic nitrogens is 3. The van der Waals surface area contributed by atoms with Crippen molar-refractivity contribution < 1.29 is 4.79 Å². The molecule has 0 bridgehead atoms. The van der Waals surface area contributed by atoms with E-state index in [-0.39, 0.29) is 12.5 Å². The van der Waals surface area contributed by atoms with Crippen LogP contribution in [0.15, 0.2) is 36.9 Å². The van der Waals surface area contributed by atoms with Crippen molar-refractivity contribution in [3.8, 4) is 0 Å². The molecule has 0 aromatic carbocycles. The van der Waals surface area contributed by atoms with Gasteiger partial charge in [0.2, 0.25) is 5.91 Å². The largest absolute Gasteiger partial charge is 0.338 e. The Balaban J connectivity index is 1.56. The molecule has 1 fully saturated rings. The van der Waals surface area contributed by atoms with Gasteiger partial charge in [0.05, 0.1) is 11.2 Å². The van der Waals surface area contributed by atoms with Crippen molar-refractivity contribution in [3.63, 3.8) is 0 Å². The topological polar surface area (TPSA) is 51.0 Å². The summed E-state index contributed by atoms with van der Waals surface area (Å²) in [6, 6.07) is 4.39. The average Bonchev–Trinajstić information content (AvgIpc) is 3.15. The van der Waals surface area contributed by atoms with Gasteiger partial charge in [-0.2, -0.15) is 5.10 Å². The molecule has 0 spiro atoms. The first-order valence-electron chi connectivity index (χ1n) is 7.59.